The maximum atomic E-state index is 5.00. The Bertz CT molecular complexity index is 397. The molecule has 6 heteroatoms. The van der Waals surface area contributed by atoms with Crippen molar-refractivity contribution in [3.05, 3.63) is 0 Å². The fourth-order valence-electron chi connectivity index (χ4n) is 4.40. The van der Waals surface area contributed by atoms with Crippen molar-refractivity contribution in [3.63, 3.8) is 0 Å². The molecule has 3 aliphatic heterocycles. The van der Waals surface area contributed by atoms with Crippen LogP contribution >= 0.6 is 24.0 Å². The summed E-state index contributed by atoms with van der Waals surface area (Å²) in [6.45, 7) is 11.5. The molecule has 0 aromatic heterocycles. The van der Waals surface area contributed by atoms with E-state index >= 15 is 0 Å². The molecule has 2 atom stereocenters. The van der Waals surface area contributed by atoms with Crippen LogP contribution in [-0.4, -0.2) is 86.1 Å². The van der Waals surface area contributed by atoms with Gasteiger partial charge in [0.1, 0.15) is 0 Å². The lowest BCUT2D eigenvalue weighted by Crippen LogP contribution is -2.43. The molecule has 2 unspecified atom stereocenters. The molecule has 0 saturated carbocycles. The first kappa shape index (κ1) is 20.2. The predicted octanol–water partition coefficient (Wildman–Crippen LogP) is 2.08. The molecule has 3 aliphatic rings. The van der Waals surface area contributed by atoms with Gasteiger partial charge in [-0.1, -0.05) is 0 Å². The van der Waals surface area contributed by atoms with Gasteiger partial charge in [0.25, 0.3) is 0 Å². The van der Waals surface area contributed by atoms with E-state index < -0.39 is 0 Å². The first-order valence-corrected chi connectivity index (χ1v) is 9.72. The third-order valence-electron chi connectivity index (χ3n) is 5.68. The largest absolute Gasteiger partial charge is 0.357 e. The Balaban J connectivity index is 0.00000208. The zero-order valence-corrected chi connectivity index (χ0v) is 17.9. The SMILES string of the molecule is CCNC(=NCC1CCCN(C)C1)N1CCC(N2CCCC2)C1.I. The predicted molar refractivity (Wildman–Crippen MR) is 112 cm³/mol. The zero-order chi connectivity index (χ0) is 16.1. The maximum absolute atomic E-state index is 5.00. The van der Waals surface area contributed by atoms with Gasteiger partial charge in [0, 0.05) is 38.8 Å². The number of rotatable bonds is 4. The molecule has 24 heavy (non-hydrogen) atoms. The van der Waals surface area contributed by atoms with Gasteiger partial charge in [-0.3, -0.25) is 9.89 Å². The third kappa shape index (κ3) is 5.46. The van der Waals surface area contributed by atoms with Crippen molar-refractivity contribution in [1.29, 1.82) is 0 Å². The van der Waals surface area contributed by atoms with Crippen LogP contribution in [0.3, 0.4) is 0 Å². The molecular weight excluding hydrogens is 413 g/mol. The van der Waals surface area contributed by atoms with E-state index in [-0.39, 0.29) is 24.0 Å². The molecule has 140 valence electrons. The minimum Gasteiger partial charge on any atom is -0.357 e. The van der Waals surface area contributed by atoms with Crippen molar-refractivity contribution in [1.82, 2.24) is 20.0 Å². The normalized spacial score (nSPS) is 29.8. The minimum absolute atomic E-state index is 0. The molecule has 5 nitrogen and oxygen atoms in total. The lowest BCUT2D eigenvalue weighted by atomic mass is 9.99. The fourth-order valence-corrected chi connectivity index (χ4v) is 4.40. The molecule has 0 amide bonds. The first-order valence-electron chi connectivity index (χ1n) is 9.72. The van der Waals surface area contributed by atoms with Gasteiger partial charge in [0.2, 0.25) is 0 Å². The van der Waals surface area contributed by atoms with Crippen LogP contribution in [0.4, 0.5) is 0 Å². The first-order chi connectivity index (χ1) is 11.3. The summed E-state index contributed by atoms with van der Waals surface area (Å²) in [6, 6.07) is 0.752. The molecule has 0 spiro atoms. The van der Waals surface area contributed by atoms with E-state index in [2.05, 4.69) is 34.0 Å². The van der Waals surface area contributed by atoms with Crippen LogP contribution in [-0.2, 0) is 0 Å². The highest BCUT2D eigenvalue weighted by Gasteiger charge is 2.30. The van der Waals surface area contributed by atoms with E-state index in [1.165, 1.54) is 58.3 Å². The number of piperidine rings is 1. The summed E-state index contributed by atoms with van der Waals surface area (Å²) in [6.07, 6.45) is 6.74. The van der Waals surface area contributed by atoms with Crippen LogP contribution in [0.25, 0.3) is 0 Å². The van der Waals surface area contributed by atoms with Gasteiger partial charge in [-0.25, -0.2) is 0 Å². The van der Waals surface area contributed by atoms with E-state index in [4.69, 9.17) is 4.99 Å². The quantitative estimate of drug-likeness (QED) is 0.405. The van der Waals surface area contributed by atoms with Crippen molar-refractivity contribution >= 4 is 29.9 Å². The second kappa shape index (κ2) is 10.2. The zero-order valence-electron chi connectivity index (χ0n) is 15.5. The molecule has 0 aromatic carbocycles. The molecule has 0 radical (unpaired) electrons. The minimum atomic E-state index is 0. The Labute approximate surface area is 165 Å². The van der Waals surface area contributed by atoms with E-state index in [1.54, 1.807) is 0 Å². The van der Waals surface area contributed by atoms with Gasteiger partial charge >= 0.3 is 0 Å². The molecular formula is C18H36IN5. The van der Waals surface area contributed by atoms with Crippen molar-refractivity contribution in [2.75, 3.05) is 59.4 Å². The van der Waals surface area contributed by atoms with Crippen LogP contribution in [0.5, 0.6) is 0 Å². The van der Waals surface area contributed by atoms with Crippen LogP contribution < -0.4 is 5.32 Å². The van der Waals surface area contributed by atoms with E-state index in [0.29, 0.717) is 0 Å². The summed E-state index contributed by atoms with van der Waals surface area (Å²) in [5, 5.41) is 3.53. The Morgan fingerprint density at radius 2 is 1.83 bits per heavy atom. The monoisotopic (exact) mass is 449 g/mol. The van der Waals surface area contributed by atoms with Gasteiger partial charge in [0.15, 0.2) is 5.96 Å². The highest BCUT2D eigenvalue weighted by Crippen LogP contribution is 2.21. The number of likely N-dealkylation sites (tertiary alicyclic amines) is 3. The van der Waals surface area contributed by atoms with Crippen molar-refractivity contribution in [2.24, 2.45) is 10.9 Å². The molecule has 3 fully saturated rings. The standard InChI is InChI=1S/C18H35N5.HI/c1-3-19-18(20-13-16-7-6-9-21(2)14-16)23-12-8-17(15-23)22-10-4-5-11-22;/h16-17H,3-15H2,1-2H3,(H,19,20);1H. The Hall–Kier alpha value is -0.0800. The average Bonchev–Trinajstić information content (AvgIpc) is 3.22. The fraction of sp³-hybridized carbons (Fsp3) is 0.944. The van der Waals surface area contributed by atoms with Gasteiger partial charge < -0.3 is 15.1 Å². The summed E-state index contributed by atoms with van der Waals surface area (Å²) in [7, 11) is 2.24. The molecule has 0 aromatic rings. The van der Waals surface area contributed by atoms with Crippen molar-refractivity contribution in [3.8, 4) is 0 Å². The number of halogens is 1. The number of nitrogens with one attached hydrogen (secondary N) is 1. The highest BCUT2D eigenvalue weighted by atomic mass is 127. The lowest BCUT2D eigenvalue weighted by Gasteiger charge is -2.29. The second-order valence-electron chi connectivity index (χ2n) is 7.60. The van der Waals surface area contributed by atoms with Crippen LogP contribution in [0, 0.1) is 5.92 Å². The summed E-state index contributed by atoms with van der Waals surface area (Å²) in [5.74, 6) is 1.89. The smallest absolute Gasteiger partial charge is 0.193 e. The Morgan fingerprint density at radius 3 is 2.54 bits per heavy atom. The summed E-state index contributed by atoms with van der Waals surface area (Å²) in [4.78, 5) is 12.6. The topological polar surface area (TPSA) is 34.1 Å². The maximum Gasteiger partial charge on any atom is 0.193 e. The molecule has 1 N–H and O–H groups in total. The number of aliphatic imine (C=N–C) groups is 1. The van der Waals surface area contributed by atoms with Gasteiger partial charge in [-0.05, 0) is 71.6 Å². The van der Waals surface area contributed by atoms with Gasteiger partial charge in [-0.2, -0.15) is 0 Å². The van der Waals surface area contributed by atoms with E-state index in [9.17, 15) is 0 Å². The lowest BCUT2D eigenvalue weighted by molar-refractivity contribution is 0.214. The van der Waals surface area contributed by atoms with Gasteiger partial charge in [0.05, 0.1) is 0 Å². The Kier molecular flexibility index (Phi) is 8.57. The third-order valence-corrected chi connectivity index (χ3v) is 5.68. The number of hydrogen-bond acceptors (Lipinski definition) is 3. The summed E-state index contributed by atoms with van der Waals surface area (Å²) in [5.41, 5.74) is 0. The van der Waals surface area contributed by atoms with Crippen LogP contribution in [0.2, 0.25) is 0 Å². The number of guanidine groups is 1. The molecule has 3 saturated heterocycles. The summed E-state index contributed by atoms with van der Waals surface area (Å²) >= 11 is 0. The number of nitrogens with zero attached hydrogens (tertiary/aromatic N) is 4. The highest BCUT2D eigenvalue weighted by molar-refractivity contribution is 14.0. The second-order valence-corrected chi connectivity index (χ2v) is 7.60. The van der Waals surface area contributed by atoms with E-state index in [1.807, 2.05) is 0 Å². The van der Waals surface area contributed by atoms with Crippen LogP contribution in [0.15, 0.2) is 4.99 Å². The summed E-state index contributed by atoms with van der Waals surface area (Å²) < 4.78 is 0. The molecule has 3 heterocycles. The van der Waals surface area contributed by atoms with E-state index in [0.717, 1.165) is 44.1 Å². The van der Waals surface area contributed by atoms with Gasteiger partial charge in [-0.15, -0.1) is 24.0 Å². The van der Waals surface area contributed by atoms with Crippen molar-refractivity contribution in [2.45, 2.75) is 45.1 Å². The molecule has 3 rings (SSSR count). The molecule has 0 aliphatic carbocycles. The van der Waals surface area contributed by atoms with Crippen molar-refractivity contribution < 1.29 is 0 Å². The number of hydrogen-bond donors (Lipinski definition) is 1. The average molecular weight is 449 g/mol. The Morgan fingerprint density at radius 1 is 1.04 bits per heavy atom. The molecule has 0 bridgehead atoms. The van der Waals surface area contributed by atoms with Crippen LogP contribution in [0.1, 0.15) is 39.0 Å².